The molecule has 6 heteroatoms. The van der Waals surface area contributed by atoms with E-state index in [1.165, 1.54) is 6.07 Å². The molecule has 0 spiro atoms. The highest BCUT2D eigenvalue weighted by atomic mass is 19.1. The van der Waals surface area contributed by atoms with Gasteiger partial charge in [0.1, 0.15) is 5.82 Å². The van der Waals surface area contributed by atoms with E-state index >= 15 is 0 Å². The van der Waals surface area contributed by atoms with Crippen molar-refractivity contribution < 1.29 is 14.7 Å². The number of nitrogens with zero attached hydrogens (tertiary/aromatic N) is 1. The highest BCUT2D eigenvalue weighted by molar-refractivity contribution is 5.97. The van der Waals surface area contributed by atoms with Crippen LogP contribution in [-0.2, 0) is 6.54 Å². The number of nitrogens with one attached hydrogen (secondary N) is 1. The molecule has 5 nitrogen and oxygen atoms in total. The zero-order valence-electron chi connectivity index (χ0n) is 10.6. The van der Waals surface area contributed by atoms with Crippen LogP contribution in [0, 0.1) is 5.82 Å². The number of hydrogen-bond donors (Lipinski definition) is 4. The summed E-state index contributed by atoms with van der Waals surface area (Å²) in [5, 5.41) is 23.9. The molecule has 0 unspecified atom stereocenters. The van der Waals surface area contributed by atoms with Gasteiger partial charge in [-0.1, -0.05) is 17.3 Å². The number of nitrogens with two attached hydrogens (primary N) is 1. The van der Waals surface area contributed by atoms with Crippen LogP contribution in [0.4, 0.5) is 4.39 Å². The van der Waals surface area contributed by atoms with Crippen LogP contribution in [0.3, 0.4) is 0 Å². The largest absolute Gasteiger partial charge is 0.409 e. The first-order chi connectivity index (χ1) is 9.10. The molecule has 0 heterocycles. The van der Waals surface area contributed by atoms with Gasteiger partial charge in [-0.05, 0) is 25.3 Å². The third-order valence-corrected chi connectivity index (χ3v) is 3.72. The van der Waals surface area contributed by atoms with E-state index in [2.05, 4.69) is 10.5 Å². The lowest BCUT2D eigenvalue weighted by molar-refractivity contribution is 0.0869. The molecule has 0 aromatic heterocycles. The Morgan fingerprint density at radius 2 is 2.21 bits per heavy atom. The third-order valence-electron chi connectivity index (χ3n) is 3.72. The van der Waals surface area contributed by atoms with E-state index in [9.17, 15) is 9.50 Å². The second-order valence-corrected chi connectivity index (χ2v) is 4.94. The second-order valence-electron chi connectivity index (χ2n) is 4.94. The number of benzene rings is 1. The van der Waals surface area contributed by atoms with Crippen molar-refractivity contribution in [3.8, 4) is 0 Å². The van der Waals surface area contributed by atoms with Crippen molar-refractivity contribution >= 4 is 5.84 Å². The summed E-state index contributed by atoms with van der Waals surface area (Å²) in [5.41, 5.74) is 5.97. The maximum absolute atomic E-state index is 13.9. The lowest BCUT2D eigenvalue weighted by atomic mass is 9.77. The third kappa shape index (κ3) is 2.85. The van der Waals surface area contributed by atoms with Gasteiger partial charge >= 0.3 is 0 Å². The molecule has 5 N–H and O–H groups in total. The molecule has 1 aliphatic carbocycles. The molecule has 1 aromatic carbocycles. The van der Waals surface area contributed by atoms with Crippen LogP contribution >= 0.6 is 0 Å². The fraction of sp³-hybridized carbons (Fsp3) is 0.462. The van der Waals surface area contributed by atoms with E-state index in [0.29, 0.717) is 17.7 Å². The van der Waals surface area contributed by atoms with E-state index < -0.39 is 5.82 Å². The predicted molar refractivity (Wildman–Crippen MR) is 69.4 cm³/mol. The summed E-state index contributed by atoms with van der Waals surface area (Å²) in [4.78, 5) is 0. The van der Waals surface area contributed by atoms with Crippen LogP contribution in [0.1, 0.15) is 30.4 Å². The monoisotopic (exact) mass is 267 g/mol. The quantitative estimate of drug-likeness (QED) is 0.276. The lowest BCUT2D eigenvalue weighted by Gasteiger charge is -2.41. The van der Waals surface area contributed by atoms with Crippen LogP contribution in [0.2, 0.25) is 0 Å². The van der Waals surface area contributed by atoms with Gasteiger partial charge in [0.25, 0.3) is 0 Å². The average Bonchev–Trinajstić information content (AvgIpc) is 2.38. The summed E-state index contributed by atoms with van der Waals surface area (Å²) in [5.74, 6) is -0.534. The van der Waals surface area contributed by atoms with Gasteiger partial charge in [-0.15, -0.1) is 0 Å². The number of aliphatic hydroxyl groups is 1. The number of amidine groups is 1. The molecule has 19 heavy (non-hydrogen) atoms. The Labute approximate surface area is 110 Å². The average molecular weight is 267 g/mol. The van der Waals surface area contributed by atoms with E-state index in [-0.39, 0.29) is 18.0 Å². The van der Waals surface area contributed by atoms with Gasteiger partial charge in [0, 0.05) is 23.2 Å². The molecule has 0 radical (unpaired) electrons. The van der Waals surface area contributed by atoms with Crippen LogP contribution in [0.15, 0.2) is 23.4 Å². The van der Waals surface area contributed by atoms with Gasteiger partial charge in [0.2, 0.25) is 0 Å². The van der Waals surface area contributed by atoms with Crippen LogP contribution in [0.5, 0.6) is 0 Å². The van der Waals surface area contributed by atoms with Crippen molar-refractivity contribution in [2.24, 2.45) is 10.9 Å². The molecule has 1 aliphatic rings. The molecule has 0 saturated heterocycles. The number of oxime groups is 1. The van der Waals surface area contributed by atoms with Gasteiger partial charge in [-0.3, -0.25) is 0 Å². The standard InChI is InChI=1S/C13H18FN3O2/c14-11-6-9(12(15)17-19)2-3-10(11)7-16-13(8-18)4-1-5-13/h2-3,6,16,18-19H,1,4-5,7-8H2,(H2,15,17). The molecule has 2 rings (SSSR count). The zero-order chi connectivity index (χ0) is 13.9. The van der Waals surface area contributed by atoms with Crippen molar-refractivity contribution in [3.05, 3.63) is 35.1 Å². The summed E-state index contributed by atoms with van der Waals surface area (Å²) in [6.45, 7) is 0.416. The fourth-order valence-corrected chi connectivity index (χ4v) is 2.18. The smallest absolute Gasteiger partial charge is 0.170 e. The van der Waals surface area contributed by atoms with Crippen LogP contribution in [-0.4, -0.2) is 28.3 Å². The maximum Gasteiger partial charge on any atom is 0.170 e. The zero-order valence-corrected chi connectivity index (χ0v) is 10.6. The molecule has 0 atom stereocenters. The van der Waals surface area contributed by atoms with Crippen molar-refractivity contribution in [3.63, 3.8) is 0 Å². The first kappa shape index (κ1) is 13.8. The number of halogens is 1. The molecule has 1 fully saturated rings. The summed E-state index contributed by atoms with van der Waals surface area (Å²) >= 11 is 0. The summed E-state index contributed by atoms with van der Waals surface area (Å²) in [6.07, 6.45) is 2.90. The Morgan fingerprint density at radius 3 is 2.68 bits per heavy atom. The molecule has 1 saturated carbocycles. The van der Waals surface area contributed by atoms with Gasteiger partial charge in [-0.25, -0.2) is 4.39 Å². The van der Waals surface area contributed by atoms with E-state index in [1.54, 1.807) is 12.1 Å². The molecular formula is C13H18FN3O2. The van der Waals surface area contributed by atoms with E-state index in [1.807, 2.05) is 0 Å². The molecule has 1 aromatic rings. The minimum atomic E-state index is -0.413. The topological polar surface area (TPSA) is 90.9 Å². The Kier molecular flexibility index (Phi) is 4.01. The van der Waals surface area contributed by atoms with Crippen LogP contribution < -0.4 is 11.1 Å². The molecular weight excluding hydrogens is 249 g/mol. The fourth-order valence-electron chi connectivity index (χ4n) is 2.18. The van der Waals surface area contributed by atoms with Crippen molar-refractivity contribution in [1.82, 2.24) is 5.32 Å². The van der Waals surface area contributed by atoms with Gasteiger partial charge in [0.05, 0.1) is 6.61 Å². The second kappa shape index (κ2) is 5.54. The Balaban J connectivity index is 2.05. The van der Waals surface area contributed by atoms with Crippen molar-refractivity contribution in [1.29, 1.82) is 0 Å². The van der Waals surface area contributed by atoms with Gasteiger partial charge in [0.15, 0.2) is 5.84 Å². The van der Waals surface area contributed by atoms with E-state index in [4.69, 9.17) is 10.9 Å². The maximum atomic E-state index is 13.9. The molecule has 0 amide bonds. The Morgan fingerprint density at radius 1 is 1.47 bits per heavy atom. The predicted octanol–water partition coefficient (Wildman–Crippen LogP) is 0.925. The van der Waals surface area contributed by atoms with E-state index in [0.717, 1.165) is 19.3 Å². The highest BCUT2D eigenvalue weighted by Crippen LogP contribution is 2.31. The number of aliphatic hydroxyl groups excluding tert-OH is 1. The van der Waals surface area contributed by atoms with Gasteiger partial charge < -0.3 is 21.4 Å². The summed E-state index contributed by atoms with van der Waals surface area (Å²) in [6, 6.07) is 4.43. The normalized spacial score (nSPS) is 18.1. The first-order valence-electron chi connectivity index (χ1n) is 6.22. The lowest BCUT2D eigenvalue weighted by Crippen LogP contribution is -2.53. The minimum absolute atomic E-state index is 0.0663. The summed E-state index contributed by atoms with van der Waals surface area (Å²) in [7, 11) is 0. The van der Waals surface area contributed by atoms with Crippen molar-refractivity contribution in [2.45, 2.75) is 31.3 Å². The minimum Gasteiger partial charge on any atom is -0.409 e. The number of rotatable bonds is 5. The Bertz CT molecular complexity index is 481. The molecule has 0 bridgehead atoms. The SMILES string of the molecule is N/C(=N/O)c1ccc(CNC2(CO)CCC2)c(F)c1. The van der Waals surface area contributed by atoms with Gasteiger partial charge in [-0.2, -0.15) is 0 Å². The molecule has 104 valence electrons. The number of hydrogen-bond acceptors (Lipinski definition) is 4. The summed E-state index contributed by atoms with van der Waals surface area (Å²) < 4.78 is 13.9. The Hall–Kier alpha value is -1.66. The highest BCUT2D eigenvalue weighted by Gasteiger charge is 2.35. The first-order valence-corrected chi connectivity index (χ1v) is 6.22. The molecule has 0 aliphatic heterocycles. The van der Waals surface area contributed by atoms with Crippen molar-refractivity contribution in [2.75, 3.05) is 6.61 Å². The van der Waals surface area contributed by atoms with Crippen LogP contribution in [0.25, 0.3) is 0 Å².